The summed E-state index contributed by atoms with van der Waals surface area (Å²) in [6, 6.07) is 4.87. The van der Waals surface area contributed by atoms with Crippen molar-refractivity contribution in [1.29, 1.82) is 0 Å². The Hall–Kier alpha value is -2.91. The summed E-state index contributed by atoms with van der Waals surface area (Å²) in [5.74, 6) is 0.265. The van der Waals surface area contributed by atoms with Crippen molar-refractivity contribution in [3.8, 4) is 17.3 Å². The molecule has 2 aromatic heterocycles. The molecular weight excluding hydrogens is 351 g/mol. The van der Waals surface area contributed by atoms with E-state index in [1.807, 2.05) is 5.32 Å². The lowest BCUT2D eigenvalue weighted by Gasteiger charge is -2.26. The van der Waals surface area contributed by atoms with Gasteiger partial charge in [0.2, 0.25) is 11.8 Å². The molecule has 140 valence electrons. The third kappa shape index (κ3) is 5.30. The van der Waals surface area contributed by atoms with Gasteiger partial charge in [-0.3, -0.25) is 4.79 Å². The largest absolute Gasteiger partial charge is 0.481 e. The SMILES string of the molecule is COc1ccc(-c2nccc(NC(C)(C)C(=O)NCC(F)(F)F)n2)cn1. The van der Waals surface area contributed by atoms with Crippen LogP contribution in [0.25, 0.3) is 11.4 Å². The number of hydrogen-bond donors (Lipinski definition) is 2. The number of anilines is 1. The van der Waals surface area contributed by atoms with Crippen molar-refractivity contribution in [2.45, 2.75) is 25.6 Å². The minimum absolute atomic E-state index is 0.290. The summed E-state index contributed by atoms with van der Waals surface area (Å²) in [6.07, 6.45) is -1.48. The highest BCUT2D eigenvalue weighted by molar-refractivity contribution is 5.88. The summed E-state index contributed by atoms with van der Waals surface area (Å²) in [5, 5.41) is 4.66. The van der Waals surface area contributed by atoms with Crippen LogP contribution >= 0.6 is 0 Å². The fourth-order valence-electron chi connectivity index (χ4n) is 1.98. The Morgan fingerprint density at radius 2 is 1.92 bits per heavy atom. The number of pyridine rings is 1. The Bertz CT molecular complexity index is 763. The minimum atomic E-state index is -4.48. The number of halogens is 3. The summed E-state index contributed by atoms with van der Waals surface area (Å²) in [4.78, 5) is 24.5. The van der Waals surface area contributed by atoms with E-state index in [0.717, 1.165) is 0 Å². The van der Waals surface area contributed by atoms with Gasteiger partial charge >= 0.3 is 6.18 Å². The fraction of sp³-hybridized carbons (Fsp3) is 0.375. The van der Waals surface area contributed by atoms with Crippen LogP contribution in [0.5, 0.6) is 5.88 Å². The highest BCUT2D eigenvalue weighted by Gasteiger charge is 2.33. The molecule has 2 heterocycles. The van der Waals surface area contributed by atoms with Gasteiger partial charge in [0.15, 0.2) is 5.82 Å². The second-order valence-corrected chi connectivity index (χ2v) is 5.90. The highest BCUT2D eigenvalue weighted by Crippen LogP contribution is 2.20. The van der Waals surface area contributed by atoms with Crippen LogP contribution < -0.4 is 15.4 Å². The summed E-state index contributed by atoms with van der Waals surface area (Å²) in [6.45, 7) is 1.51. The number of ether oxygens (including phenoxy) is 1. The molecule has 10 heteroatoms. The quantitative estimate of drug-likeness (QED) is 0.813. The Balaban J connectivity index is 2.12. The van der Waals surface area contributed by atoms with Gasteiger partial charge in [0.05, 0.1) is 7.11 Å². The molecule has 0 fully saturated rings. The Morgan fingerprint density at radius 3 is 2.50 bits per heavy atom. The third-order valence-electron chi connectivity index (χ3n) is 3.32. The lowest BCUT2D eigenvalue weighted by molar-refractivity contribution is -0.140. The van der Waals surface area contributed by atoms with Gasteiger partial charge < -0.3 is 15.4 Å². The molecule has 0 aromatic carbocycles. The van der Waals surface area contributed by atoms with Gasteiger partial charge in [0.1, 0.15) is 17.9 Å². The first-order chi connectivity index (χ1) is 12.1. The van der Waals surface area contributed by atoms with Crippen molar-refractivity contribution >= 4 is 11.7 Å². The number of carbonyl (C=O) groups excluding carboxylic acids is 1. The second kappa shape index (κ2) is 7.54. The fourth-order valence-corrected chi connectivity index (χ4v) is 1.98. The Morgan fingerprint density at radius 1 is 1.19 bits per heavy atom. The predicted molar refractivity (Wildman–Crippen MR) is 88.6 cm³/mol. The van der Waals surface area contributed by atoms with Crippen molar-refractivity contribution in [3.05, 3.63) is 30.6 Å². The van der Waals surface area contributed by atoms with Crippen LogP contribution in [0.15, 0.2) is 30.6 Å². The molecule has 0 aliphatic rings. The number of hydrogen-bond acceptors (Lipinski definition) is 6. The lowest BCUT2D eigenvalue weighted by Crippen LogP contribution is -2.50. The van der Waals surface area contributed by atoms with Crippen LogP contribution in [0.4, 0.5) is 19.0 Å². The average molecular weight is 369 g/mol. The van der Waals surface area contributed by atoms with Crippen LogP contribution in [0, 0.1) is 0 Å². The standard InChI is InChI=1S/C16H18F3N5O2/c1-15(2,14(25)22-9-16(17,18)19)24-11-6-7-20-13(23-11)10-4-5-12(26-3)21-8-10/h4-8H,9H2,1-3H3,(H,22,25)(H,20,23,24). The zero-order chi connectivity index (χ0) is 19.4. The van der Waals surface area contributed by atoms with Crippen LogP contribution in [-0.4, -0.2) is 46.2 Å². The summed E-state index contributed by atoms with van der Waals surface area (Å²) in [5.41, 5.74) is -0.691. The van der Waals surface area contributed by atoms with Gasteiger partial charge in [0.25, 0.3) is 0 Å². The number of amides is 1. The predicted octanol–water partition coefficient (Wildman–Crippen LogP) is 2.42. The summed E-state index contributed by atoms with van der Waals surface area (Å²) < 4.78 is 41.7. The number of rotatable bonds is 6. The molecule has 0 unspecified atom stereocenters. The van der Waals surface area contributed by atoms with Crippen molar-refractivity contribution < 1.29 is 22.7 Å². The minimum Gasteiger partial charge on any atom is -0.481 e. The van der Waals surface area contributed by atoms with Gasteiger partial charge in [-0.05, 0) is 26.0 Å². The number of alkyl halides is 3. The normalized spacial score (nSPS) is 11.8. The average Bonchev–Trinajstić information content (AvgIpc) is 2.59. The molecular formula is C16H18F3N5O2. The molecule has 2 aromatic rings. The number of aromatic nitrogens is 3. The number of nitrogens with one attached hydrogen (secondary N) is 2. The zero-order valence-corrected chi connectivity index (χ0v) is 14.4. The molecule has 0 radical (unpaired) electrons. The molecule has 0 aliphatic heterocycles. The maximum absolute atomic E-state index is 12.3. The van der Waals surface area contributed by atoms with E-state index in [-0.39, 0.29) is 5.82 Å². The number of carbonyl (C=O) groups is 1. The smallest absolute Gasteiger partial charge is 0.405 e. The van der Waals surface area contributed by atoms with E-state index < -0.39 is 24.2 Å². The topological polar surface area (TPSA) is 89.0 Å². The monoisotopic (exact) mass is 369 g/mol. The Kier molecular flexibility index (Phi) is 5.63. The molecule has 2 rings (SSSR count). The first-order valence-electron chi connectivity index (χ1n) is 7.57. The van der Waals surface area contributed by atoms with Gasteiger partial charge in [0, 0.05) is 24.0 Å². The molecule has 2 N–H and O–H groups in total. The molecule has 7 nitrogen and oxygen atoms in total. The molecule has 0 saturated heterocycles. The van der Waals surface area contributed by atoms with Crippen molar-refractivity contribution in [3.63, 3.8) is 0 Å². The molecule has 0 saturated carbocycles. The second-order valence-electron chi connectivity index (χ2n) is 5.90. The third-order valence-corrected chi connectivity index (χ3v) is 3.32. The zero-order valence-electron chi connectivity index (χ0n) is 14.4. The van der Waals surface area contributed by atoms with E-state index in [1.54, 1.807) is 12.1 Å². The van der Waals surface area contributed by atoms with E-state index in [1.165, 1.54) is 39.4 Å². The lowest BCUT2D eigenvalue weighted by atomic mass is 10.0. The first kappa shape index (κ1) is 19.4. The van der Waals surface area contributed by atoms with Crippen LogP contribution in [0.1, 0.15) is 13.8 Å². The van der Waals surface area contributed by atoms with Gasteiger partial charge in [-0.15, -0.1) is 0 Å². The number of methoxy groups -OCH3 is 1. The van der Waals surface area contributed by atoms with E-state index in [0.29, 0.717) is 17.3 Å². The van der Waals surface area contributed by atoms with Crippen LogP contribution in [-0.2, 0) is 4.79 Å². The van der Waals surface area contributed by atoms with Crippen LogP contribution in [0.2, 0.25) is 0 Å². The summed E-state index contributed by atoms with van der Waals surface area (Å²) in [7, 11) is 1.50. The van der Waals surface area contributed by atoms with Crippen LogP contribution in [0.3, 0.4) is 0 Å². The van der Waals surface area contributed by atoms with E-state index in [9.17, 15) is 18.0 Å². The van der Waals surface area contributed by atoms with Gasteiger partial charge in [-0.25, -0.2) is 15.0 Å². The van der Waals surface area contributed by atoms with E-state index >= 15 is 0 Å². The van der Waals surface area contributed by atoms with Crippen molar-refractivity contribution in [2.24, 2.45) is 0 Å². The highest BCUT2D eigenvalue weighted by atomic mass is 19.4. The molecule has 1 amide bonds. The molecule has 26 heavy (non-hydrogen) atoms. The number of nitrogens with zero attached hydrogens (tertiary/aromatic N) is 3. The summed E-state index contributed by atoms with van der Waals surface area (Å²) >= 11 is 0. The maximum Gasteiger partial charge on any atom is 0.405 e. The van der Waals surface area contributed by atoms with Gasteiger partial charge in [-0.2, -0.15) is 13.2 Å². The van der Waals surface area contributed by atoms with E-state index in [4.69, 9.17) is 4.74 Å². The first-order valence-corrected chi connectivity index (χ1v) is 7.57. The van der Waals surface area contributed by atoms with E-state index in [2.05, 4.69) is 20.3 Å². The van der Waals surface area contributed by atoms with Crippen molar-refractivity contribution in [1.82, 2.24) is 20.3 Å². The van der Waals surface area contributed by atoms with Gasteiger partial charge in [-0.1, -0.05) is 0 Å². The van der Waals surface area contributed by atoms with Crippen molar-refractivity contribution in [2.75, 3.05) is 19.0 Å². The Labute approximate surface area is 148 Å². The molecule has 0 spiro atoms. The molecule has 0 aliphatic carbocycles. The molecule has 0 atom stereocenters. The maximum atomic E-state index is 12.3. The molecule has 0 bridgehead atoms.